The largest absolute Gasteiger partial charge is 0.481 e. The summed E-state index contributed by atoms with van der Waals surface area (Å²) in [6.45, 7) is 8.65. The zero-order chi connectivity index (χ0) is 25.4. The minimum atomic E-state index is -0.379. The number of para-hydroxylation sites is 1. The quantitative estimate of drug-likeness (QED) is 0.430. The molecule has 8 nitrogen and oxygen atoms in total. The predicted molar refractivity (Wildman–Crippen MR) is 144 cm³/mol. The molecule has 1 N–H and O–H groups in total. The van der Waals surface area contributed by atoms with E-state index in [0.29, 0.717) is 33.6 Å². The van der Waals surface area contributed by atoms with E-state index in [-0.39, 0.29) is 17.6 Å². The highest BCUT2D eigenvalue weighted by atomic mass is 35.5. The first-order valence-corrected chi connectivity index (χ1v) is 12.5. The van der Waals surface area contributed by atoms with E-state index in [1.807, 2.05) is 42.5 Å². The van der Waals surface area contributed by atoms with Gasteiger partial charge in [0.25, 0.3) is 0 Å². The topological polar surface area (TPSA) is 85.2 Å². The number of pyridine rings is 2. The van der Waals surface area contributed by atoms with Crippen LogP contribution >= 0.6 is 11.6 Å². The third-order valence-electron chi connectivity index (χ3n) is 6.59. The Morgan fingerprint density at radius 3 is 2.72 bits per heavy atom. The molecule has 9 heteroatoms. The maximum absolute atomic E-state index is 13.7. The molecule has 0 amide bonds. The number of benzene rings is 1. The van der Waals surface area contributed by atoms with E-state index < -0.39 is 0 Å². The van der Waals surface area contributed by atoms with Gasteiger partial charge in [0, 0.05) is 31.9 Å². The van der Waals surface area contributed by atoms with Gasteiger partial charge in [-0.05, 0) is 42.7 Å². The summed E-state index contributed by atoms with van der Waals surface area (Å²) in [5.41, 5.74) is 3.05. The summed E-state index contributed by atoms with van der Waals surface area (Å²) in [5.74, 6) is 1.20. The number of methoxy groups -OCH3 is 1. The van der Waals surface area contributed by atoms with Gasteiger partial charge < -0.3 is 15.0 Å². The van der Waals surface area contributed by atoms with Gasteiger partial charge in [-0.15, -0.1) is 0 Å². The first-order valence-electron chi connectivity index (χ1n) is 12.1. The van der Waals surface area contributed by atoms with Crippen molar-refractivity contribution in [1.82, 2.24) is 24.8 Å². The Morgan fingerprint density at radius 1 is 1.17 bits per heavy atom. The second-order valence-corrected chi connectivity index (χ2v) is 9.67. The average Bonchev–Trinajstić information content (AvgIpc) is 2.88. The summed E-state index contributed by atoms with van der Waals surface area (Å²) in [4.78, 5) is 29.8. The summed E-state index contributed by atoms with van der Waals surface area (Å²) in [7, 11) is 1.56. The Labute approximate surface area is 214 Å². The van der Waals surface area contributed by atoms with Gasteiger partial charge in [-0.25, -0.2) is 19.3 Å². The molecule has 5 rings (SSSR count). The minimum absolute atomic E-state index is 0.157. The van der Waals surface area contributed by atoms with Gasteiger partial charge in [0.1, 0.15) is 5.82 Å². The van der Waals surface area contributed by atoms with Gasteiger partial charge >= 0.3 is 5.69 Å². The normalized spacial score (nSPS) is 16.1. The van der Waals surface area contributed by atoms with E-state index >= 15 is 0 Å². The summed E-state index contributed by atoms with van der Waals surface area (Å²) < 4.78 is 7.08. The lowest BCUT2D eigenvalue weighted by Gasteiger charge is -2.35. The number of fused-ring (bicyclic) bond motifs is 1. The van der Waals surface area contributed by atoms with Gasteiger partial charge in [0.15, 0.2) is 5.65 Å². The highest BCUT2D eigenvalue weighted by Gasteiger charge is 2.26. The lowest BCUT2D eigenvalue weighted by atomic mass is 10.0. The molecule has 4 aromatic rings. The van der Waals surface area contributed by atoms with Gasteiger partial charge in [0.05, 0.1) is 34.5 Å². The molecule has 4 heterocycles. The van der Waals surface area contributed by atoms with Crippen LogP contribution in [-0.4, -0.2) is 52.3 Å². The number of anilines is 1. The van der Waals surface area contributed by atoms with Crippen LogP contribution in [0.2, 0.25) is 5.02 Å². The van der Waals surface area contributed by atoms with Gasteiger partial charge in [0.2, 0.25) is 5.88 Å². The number of hydrogen-bond donors (Lipinski definition) is 1. The molecule has 0 spiro atoms. The molecule has 186 valence electrons. The SMILES string of the molecule is COc1ncccc1-c1nc2c(cc1Cl)c(N1CCNC[C@@H]1C)nc(=O)n2-c1ccccc1C(C)C. The van der Waals surface area contributed by atoms with Crippen LogP contribution in [-0.2, 0) is 0 Å². The summed E-state index contributed by atoms with van der Waals surface area (Å²) in [5, 5.41) is 4.55. The number of aromatic nitrogens is 4. The van der Waals surface area contributed by atoms with E-state index in [2.05, 4.69) is 41.0 Å². The molecule has 0 saturated carbocycles. The van der Waals surface area contributed by atoms with Crippen LogP contribution in [0.5, 0.6) is 5.88 Å². The number of ether oxygens (including phenoxy) is 1. The zero-order valence-electron chi connectivity index (χ0n) is 20.8. The van der Waals surface area contributed by atoms with Crippen LogP contribution < -0.4 is 20.6 Å². The maximum Gasteiger partial charge on any atom is 0.355 e. The van der Waals surface area contributed by atoms with Crippen molar-refractivity contribution in [1.29, 1.82) is 0 Å². The maximum atomic E-state index is 13.7. The van der Waals surface area contributed by atoms with Crippen LogP contribution in [0, 0.1) is 0 Å². The Hall–Kier alpha value is -3.49. The van der Waals surface area contributed by atoms with Crippen molar-refractivity contribution in [2.24, 2.45) is 0 Å². The van der Waals surface area contributed by atoms with E-state index in [1.165, 1.54) is 0 Å². The van der Waals surface area contributed by atoms with Crippen molar-refractivity contribution in [2.75, 3.05) is 31.6 Å². The Kier molecular flexibility index (Phi) is 6.64. The highest BCUT2D eigenvalue weighted by molar-refractivity contribution is 6.34. The lowest BCUT2D eigenvalue weighted by molar-refractivity contribution is 0.399. The molecule has 1 aliphatic rings. The average molecular weight is 505 g/mol. The molecule has 0 unspecified atom stereocenters. The third kappa shape index (κ3) is 4.20. The predicted octanol–water partition coefficient (Wildman–Crippen LogP) is 4.43. The molecule has 0 radical (unpaired) electrons. The van der Waals surface area contributed by atoms with Crippen LogP contribution in [0.1, 0.15) is 32.3 Å². The molecular weight excluding hydrogens is 476 g/mol. The number of rotatable bonds is 5. The number of piperazine rings is 1. The number of nitrogens with zero attached hydrogens (tertiary/aromatic N) is 5. The first kappa shape index (κ1) is 24.2. The fourth-order valence-electron chi connectivity index (χ4n) is 4.80. The Morgan fingerprint density at radius 2 is 1.97 bits per heavy atom. The number of halogens is 1. The number of nitrogens with one attached hydrogen (secondary N) is 1. The molecule has 0 bridgehead atoms. The first-order chi connectivity index (χ1) is 17.4. The molecule has 1 saturated heterocycles. The van der Waals surface area contributed by atoms with Gasteiger partial charge in [-0.1, -0.05) is 43.6 Å². The Balaban J connectivity index is 1.87. The molecular formula is C27H29ClN6O2. The smallest absolute Gasteiger partial charge is 0.355 e. The zero-order valence-corrected chi connectivity index (χ0v) is 21.6. The molecule has 36 heavy (non-hydrogen) atoms. The van der Waals surface area contributed by atoms with Crippen molar-refractivity contribution in [3.63, 3.8) is 0 Å². The summed E-state index contributed by atoms with van der Waals surface area (Å²) >= 11 is 6.84. The van der Waals surface area contributed by atoms with Crippen LogP contribution in [0.3, 0.4) is 0 Å². The molecule has 0 aliphatic carbocycles. The van der Waals surface area contributed by atoms with E-state index in [4.69, 9.17) is 21.3 Å². The van der Waals surface area contributed by atoms with Crippen LogP contribution in [0.25, 0.3) is 28.0 Å². The lowest BCUT2D eigenvalue weighted by Crippen LogP contribution is -2.50. The van der Waals surface area contributed by atoms with Gasteiger partial charge in [-0.3, -0.25) is 0 Å². The van der Waals surface area contributed by atoms with Crippen molar-refractivity contribution in [3.05, 3.63) is 69.7 Å². The second kappa shape index (κ2) is 9.87. The van der Waals surface area contributed by atoms with Crippen molar-refractivity contribution in [2.45, 2.75) is 32.7 Å². The monoisotopic (exact) mass is 504 g/mol. The molecule has 3 aromatic heterocycles. The summed E-state index contributed by atoms with van der Waals surface area (Å²) in [6, 6.07) is 13.6. The standard InChI is InChI=1S/C27H29ClN6O2/c1-16(2)18-8-5-6-10-22(18)34-25-20(24(32-27(34)35)33-13-12-29-15-17(33)3)14-21(28)23(31-25)19-9-7-11-30-26(19)36-4/h5-11,14,16-17,29H,12-13,15H2,1-4H3/t17-/m0/s1. The highest BCUT2D eigenvalue weighted by Crippen LogP contribution is 2.37. The second-order valence-electron chi connectivity index (χ2n) is 9.26. The molecule has 1 fully saturated rings. The molecule has 1 aromatic carbocycles. The van der Waals surface area contributed by atoms with Crippen LogP contribution in [0.4, 0.5) is 5.82 Å². The summed E-state index contributed by atoms with van der Waals surface area (Å²) in [6.07, 6.45) is 1.65. The van der Waals surface area contributed by atoms with Crippen molar-refractivity contribution in [3.8, 4) is 22.8 Å². The van der Waals surface area contributed by atoms with Crippen molar-refractivity contribution < 1.29 is 4.74 Å². The third-order valence-corrected chi connectivity index (χ3v) is 6.88. The van der Waals surface area contributed by atoms with Crippen LogP contribution in [0.15, 0.2) is 53.5 Å². The van der Waals surface area contributed by atoms with Crippen molar-refractivity contribution >= 4 is 28.5 Å². The molecule has 1 aliphatic heterocycles. The fraction of sp³-hybridized carbons (Fsp3) is 0.333. The number of hydrogen-bond acceptors (Lipinski definition) is 7. The van der Waals surface area contributed by atoms with E-state index in [9.17, 15) is 4.79 Å². The minimum Gasteiger partial charge on any atom is -0.481 e. The molecule has 1 atom stereocenters. The van der Waals surface area contributed by atoms with E-state index in [1.54, 1.807) is 17.9 Å². The van der Waals surface area contributed by atoms with E-state index in [0.717, 1.165) is 36.3 Å². The Bertz CT molecular complexity index is 1490. The fourth-order valence-corrected chi connectivity index (χ4v) is 5.05. The van der Waals surface area contributed by atoms with Gasteiger partial charge in [-0.2, -0.15) is 4.98 Å².